The Kier molecular flexibility index (Phi) is 3.73. The Labute approximate surface area is 155 Å². The van der Waals surface area contributed by atoms with Gasteiger partial charge in [0.15, 0.2) is 5.69 Å². The smallest absolute Gasteiger partial charge is 0.277 e. The Bertz CT molecular complexity index is 1250. The van der Waals surface area contributed by atoms with E-state index in [-0.39, 0.29) is 11.0 Å². The van der Waals surface area contributed by atoms with Gasteiger partial charge in [0.05, 0.1) is 5.52 Å². The number of H-pyrrole nitrogens is 1. The van der Waals surface area contributed by atoms with Gasteiger partial charge in [0.1, 0.15) is 5.65 Å². The molecule has 2 aromatic carbocycles. The van der Waals surface area contributed by atoms with Crippen molar-refractivity contribution in [2.24, 2.45) is 0 Å². The predicted molar refractivity (Wildman–Crippen MR) is 106 cm³/mol. The van der Waals surface area contributed by atoms with Crippen molar-refractivity contribution in [1.82, 2.24) is 19.6 Å². The third-order valence-corrected chi connectivity index (χ3v) is 4.70. The molecule has 26 heavy (non-hydrogen) atoms. The van der Waals surface area contributed by atoms with Crippen molar-refractivity contribution >= 4 is 28.8 Å². The molecule has 0 saturated heterocycles. The summed E-state index contributed by atoms with van der Waals surface area (Å²) in [5.74, 6) is 0. The number of hydrogen-bond donors (Lipinski definition) is 1. The van der Waals surface area contributed by atoms with Crippen molar-refractivity contribution in [1.29, 1.82) is 0 Å². The molecule has 130 valence electrons. The third kappa shape index (κ3) is 2.72. The number of hydrogen-bond acceptors (Lipinski definition) is 4. The third-order valence-electron chi connectivity index (χ3n) is 4.44. The van der Waals surface area contributed by atoms with Gasteiger partial charge < -0.3 is 4.98 Å². The molecule has 0 unspecified atom stereocenters. The molecule has 6 heteroatoms. The molecule has 0 aliphatic heterocycles. The minimum atomic E-state index is -0.251. The van der Waals surface area contributed by atoms with E-state index >= 15 is 0 Å². The Morgan fingerprint density at radius 3 is 2.42 bits per heavy atom. The maximum Gasteiger partial charge on any atom is 0.277 e. The maximum absolute atomic E-state index is 12.7. The normalized spacial score (nSPS) is 12.0. The molecule has 0 amide bonds. The van der Waals surface area contributed by atoms with E-state index in [0.717, 1.165) is 16.5 Å². The van der Waals surface area contributed by atoms with Crippen LogP contribution >= 0.6 is 12.2 Å². The molecule has 4 aromatic rings. The largest absolute Gasteiger partial charge is 0.304 e. The molecule has 0 bridgehead atoms. The van der Waals surface area contributed by atoms with Crippen molar-refractivity contribution < 1.29 is 0 Å². The number of nitrogens with zero attached hydrogens (tertiary/aromatic N) is 3. The first-order chi connectivity index (χ1) is 12.3. The van der Waals surface area contributed by atoms with Crippen molar-refractivity contribution in [2.45, 2.75) is 26.2 Å². The molecule has 5 nitrogen and oxygen atoms in total. The molecule has 0 saturated carbocycles. The lowest BCUT2D eigenvalue weighted by molar-refractivity contribution is 0.590. The van der Waals surface area contributed by atoms with Crippen LogP contribution in [0.15, 0.2) is 53.3 Å². The van der Waals surface area contributed by atoms with E-state index < -0.39 is 0 Å². The number of para-hydroxylation sites is 1. The molecule has 0 atom stereocenters. The van der Waals surface area contributed by atoms with Crippen LogP contribution in [-0.4, -0.2) is 19.6 Å². The van der Waals surface area contributed by atoms with Gasteiger partial charge in [-0.2, -0.15) is 9.61 Å². The maximum atomic E-state index is 12.7. The van der Waals surface area contributed by atoms with Gasteiger partial charge in [-0.05, 0) is 35.3 Å². The standard InChI is InChI=1S/C20H18N4OS/c1-20(2,3)13-10-8-12(9-11-13)16-18(25)22-17-14-6-4-5-7-15(14)21-19(26)24(17)23-16/h4-11H,1-3H3,(H,22,25). The zero-order valence-electron chi connectivity index (χ0n) is 14.8. The van der Waals surface area contributed by atoms with E-state index in [1.54, 1.807) is 0 Å². The van der Waals surface area contributed by atoms with Gasteiger partial charge >= 0.3 is 0 Å². The van der Waals surface area contributed by atoms with E-state index in [4.69, 9.17) is 12.2 Å². The van der Waals surface area contributed by atoms with Crippen molar-refractivity contribution in [3.63, 3.8) is 0 Å². The van der Waals surface area contributed by atoms with Crippen LogP contribution in [0.25, 0.3) is 27.8 Å². The fourth-order valence-electron chi connectivity index (χ4n) is 2.97. The summed E-state index contributed by atoms with van der Waals surface area (Å²) in [7, 11) is 0. The monoisotopic (exact) mass is 362 g/mol. The molecule has 0 fully saturated rings. The second-order valence-electron chi connectivity index (χ2n) is 7.30. The van der Waals surface area contributed by atoms with Crippen LogP contribution in [0.5, 0.6) is 0 Å². The van der Waals surface area contributed by atoms with E-state index in [1.165, 1.54) is 10.1 Å². The van der Waals surface area contributed by atoms with Crippen LogP contribution in [0.2, 0.25) is 0 Å². The summed E-state index contributed by atoms with van der Waals surface area (Å²) in [5, 5.41) is 5.30. The van der Waals surface area contributed by atoms with Crippen LogP contribution in [0.1, 0.15) is 26.3 Å². The summed E-state index contributed by atoms with van der Waals surface area (Å²) in [6, 6.07) is 15.4. The van der Waals surface area contributed by atoms with Crippen LogP contribution in [-0.2, 0) is 5.41 Å². The van der Waals surface area contributed by atoms with Crippen molar-refractivity contribution in [2.75, 3.05) is 0 Å². The quantitative estimate of drug-likeness (QED) is 0.406. The second kappa shape index (κ2) is 5.85. The summed E-state index contributed by atoms with van der Waals surface area (Å²) in [6.07, 6.45) is 0. The van der Waals surface area contributed by atoms with Gasteiger partial charge in [0.25, 0.3) is 5.56 Å². The lowest BCUT2D eigenvalue weighted by Crippen LogP contribution is -2.17. The molecule has 0 aliphatic carbocycles. The van der Waals surface area contributed by atoms with Gasteiger partial charge in [0, 0.05) is 10.9 Å². The second-order valence-corrected chi connectivity index (χ2v) is 7.67. The zero-order chi connectivity index (χ0) is 18.5. The van der Waals surface area contributed by atoms with E-state index in [0.29, 0.717) is 16.1 Å². The molecule has 0 aliphatic rings. The predicted octanol–water partition coefficient (Wildman–Crippen LogP) is 4.26. The number of rotatable bonds is 1. The van der Waals surface area contributed by atoms with Gasteiger partial charge in [0.2, 0.25) is 4.77 Å². The van der Waals surface area contributed by atoms with Crippen LogP contribution < -0.4 is 5.56 Å². The first kappa shape index (κ1) is 16.6. The minimum absolute atomic E-state index is 0.0487. The van der Waals surface area contributed by atoms with Crippen LogP contribution in [0, 0.1) is 4.77 Å². The van der Waals surface area contributed by atoms with Crippen LogP contribution in [0.4, 0.5) is 0 Å². The summed E-state index contributed by atoms with van der Waals surface area (Å²) < 4.78 is 1.83. The van der Waals surface area contributed by atoms with Crippen molar-refractivity contribution in [3.05, 3.63) is 69.2 Å². The summed E-state index contributed by atoms with van der Waals surface area (Å²) in [6.45, 7) is 6.46. The topological polar surface area (TPSA) is 63.1 Å². The first-order valence-corrected chi connectivity index (χ1v) is 8.78. The molecular formula is C20H18N4OS. The highest BCUT2D eigenvalue weighted by Gasteiger charge is 2.15. The fourth-order valence-corrected chi connectivity index (χ4v) is 3.20. The molecule has 1 N–H and O–H groups in total. The summed E-state index contributed by atoms with van der Waals surface area (Å²) in [4.78, 5) is 20.0. The highest BCUT2D eigenvalue weighted by atomic mass is 32.1. The lowest BCUT2D eigenvalue weighted by Gasteiger charge is -2.19. The van der Waals surface area contributed by atoms with Crippen LogP contribution in [0.3, 0.4) is 0 Å². The summed E-state index contributed by atoms with van der Waals surface area (Å²) >= 11 is 5.37. The molecule has 2 heterocycles. The zero-order valence-corrected chi connectivity index (χ0v) is 15.6. The van der Waals surface area contributed by atoms with Gasteiger partial charge in [-0.1, -0.05) is 57.2 Å². The Balaban J connectivity index is 1.96. The summed E-state index contributed by atoms with van der Waals surface area (Å²) in [5.41, 5.74) is 3.36. The van der Waals surface area contributed by atoms with E-state index in [1.807, 2.05) is 48.5 Å². The Morgan fingerprint density at radius 2 is 1.73 bits per heavy atom. The van der Waals surface area contributed by atoms with Gasteiger partial charge in [-0.15, -0.1) is 0 Å². The fraction of sp³-hybridized carbons (Fsp3) is 0.200. The molecule has 0 radical (unpaired) electrons. The number of aromatic nitrogens is 4. The van der Waals surface area contributed by atoms with Gasteiger partial charge in [-0.3, -0.25) is 4.79 Å². The molecule has 2 aromatic heterocycles. The number of fused-ring (bicyclic) bond motifs is 3. The molecule has 0 spiro atoms. The highest BCUT2D eigenvalue weighted by molar-refractivity contribution is 7.71. The molecular weight excluding hydrogens is 344 g/mol. The number of aromatic amines is 1. The average molecular weight is 362 g/mol. The lowest BCUT2D eigenvalue weighted by atomic mass is 9.86. The first-order valence-electron chi connectivity index (χ1n) is 8.37. The number of nitrogens with one attached hydrogen (secondary N) is 1. The Hall–Kier alpha value is -2.86. The minimum Gasteiger partial charge on any atom is -0.304 e. The van der Waals surface area contributed by atoms with Crippen molar-refractivity contribution in [3.8, 4) is 11.3 Å². The van der Waals surface area contributed by atoms with Gasteiger partial charge in [-0.25, -0.2) is 4.98 Å². The highest BCUT2D eigenvalue weighted by Crippen LogP contribution is 2.24. The van der Waals surface area contributed by atoms with E-state index in [2.05, 4.69) is 35.8 Å². The molecule has 4 rings (SSSR count). The average Bonchev–Trinajstić information content (AvgIpc) is 2.61. The number of benzene rings is 2. The van der Waals surface area contributed by atoms with E-state index in [9.17, 15) is 4.79 Å². The SMILES string of the molecule is CC(C)(C)c1ccc(-c2nn3c(=S)nc4ccccc4c3[nH]c2=O)cc1. The Morgan fingerprint density at radius 1 is 1.04 bits per heavy atom.